The average Bonchev–Trinajstić information content (AvgIpc) is 2.94. The summed E-state index contributed by atoms with van der Waals surface area (Å²) in [4.78, 5) is 3.99. The van der Waals surface area contributed by atoms with Gasteiger partial charge in [0.2, 0.25) is 11.7 Å². The number of aromatic nitrogens is 2. The molecule has 0 saturated heterocycles. The first-order valence-corrected chi connectivity index (χ1v) is 5.67. The second-order valence-corrected chi connectivity index (χ2v) is 3.82. The topological polar surface area (TPSA) is 83.4 Å². The largest absolute Gasteiger partial charge is 0.493 e. The van der Waals surface area contributed by atoms with Gasteiger partial charge in [-0.25, -0.2) is 8.78 Å². The molecule has 0 atom stereocenters. The van der Waals surface area contributed by atoms with Gasteiger partial charge in [-0.3, -0.25) is 0 Å². The standard InChI is InChI=1S/C12H13F2N3O3/c1-18-8-4-6(12-16-9(5-15)20-17-12)3-7(11(13)14)10(8)19-2/h3-4,11H,5,15H2,1-2H3. The van der Waals surface area contributed by atoms with Gasteiger partial charge in [0.05, 0.1) is 26.3 Å². The molecule has 0 amide bonds. The number of hydrogen-bond acceptors (Lipinski definition) is 6. The molecule has 6 nitrogen and oxygen atoms in total. The molecule has 0 radical (unpaired) electrons. The van der Waals surface area contributed by atoms with E-state index in [9.17, 15) is 8.78 Å². The normalized spacial score (nSPS) is 10.9. The number of nitrogens with zero attached hydrogens (tertiary/aromatic N) is 2. The molecule has 0 saturated carbocycles. The van der Waals surface area contributed by atoms with E-state index >= 15 is 0 Å². The van der Waals surface area contributed by atoms with Crippen LogP contribution >= 0.6 is 0 Å². The Hall–Kier alpha value is -2.22. The van der Waals surface area contributed by atoms with Crippen LogP contribution in [0, 0.1) is 0 Å². The summed E-state index contributed by atoms with van der Waals surface area (Å²) in [5.74, 6) is 0.523. The molecule has 2 N–H and O–H groups in total. The van der Waals surface area contributed by atoms with E-state index in [1.54, 1.807) is 0 Å². The second kappa shape index (κ2) is 5.83. The van der Waals surface area contributed by atoms with E-state index in [2.05, 4.69) is 10.1 Å². The van der Waals surface area contributed by atoms with Crippen LogP contribution in [0.4, 0.5) is 8.78 Å². The molecule has 0 aliphatic rings. The molecule has 0 spiro atoms. The van der Waals surface area contributed by atoms with Crippen molar-refractivity contribution in [3.8, 4) is 22.9 Å². The Morgan fingerprint density at radius 2 is 2.05 bits per heavy atom. The first-order chi connectivity index (χ1) is 9.60. The van der Waals surface area contributed by atoms with Crippen molar-refractivity contribution in [2.75, 3.05) is 14.2 Å². The Kier molecular flexibility index (Phi) is 4.14. The van der Waals surface area contributed by atoms with Crippen LogP contribution in [-0.2, 0) is 6.54 Å². The molecule has 108 valence electrons. The zero-order chi connectivity index (χ0) is 14.7. The summed E-state index contributed by atoms with van der Waals surface area (Å²) in [5.41, 5.74) is 5.39. The van der Waals surface area contributed by atoms with E-state index in [1.165, 1.54) is 26.4 Å². The zero-order valence-electron chi connectivity index (χ0n) is 10.9. The maximum Gasteiger partial charge on any atom is 0.267 e. The van der Waals surface area contributed by atoms with Gasteiger partial charge in [-0.2, -0.15) is 4.98 Å². The van der Waals surface area contributed by atoms with Crippen LogP contribution < -0.4 is 15.2 Å². The summed E-state index contributed by atoms with van der Waals surface area (Å²) >= 11 is 0. The van der Waals surface area contributed by atoms with Crippen LogP contribution in [0.1, 0.15) is 17.9 Å². The van der Waals surface area contributed by atoms with Crippen molar-refractivity contribution < 1.29 is 22.8 Å². The Labute approximate surface area is 113 Å². The van der Waals surface area contributed by atoms with Crippen LogP contribution in [0.25, 0.3) is 11.4 Å². The van der Waals surface area contributed by atoms with Crippen LogP contribution in [0.3, 0.4) is 0 Å². The molecular weight excluding hydrogens is 272 g/mol. The molecule has 2 rings (SSSR count). The van der Waals surface area contributed by atoms with Crippen molar-refractivity contribution in [2.24, 2.45) is 5.73 Å². The lowest BCUT2D eigenvalue weighted by molar-refractivity contribution is 0.146. The number of rotatable bonds is 5. The molecule has 1 heterocycles. The number of benzene rings is 1. The maximum atomic E-state index is 13.1. The smallest absolute Gasteiger partial charge is 0.267 e. The minimum Gasteiger partial charge on any atom is -0.493 e. The van der Waals surface area contributed by atoms with Crippen molar-refractivity contribution in [1.82, 2.24) is 10.1 Å². The van der Waals surface area contributed by atoms with E-state index < -0.39 is 6.43 Å². The number of halogens is 2. The summed E-state index contributed by atoms with van der Waals surface area (Å²) in [5, 5.41) is 3.68. The van der Waals surface area contributed by atoms with E-state index in [4.69, 9.17) is 19.7 Å². The number of ether oxygens (including phenoxy) is 2. The number of alkyl halides is 2. The quantitative estimate of drug-likeness (QED) is 0.906. The molecule has 0 bridgehead atoms. The molecule has 0 aliphatic carbocycles. The Balaban J connectivity index is 2.56. The fourth-order valence-electron chi connectivity index (χ4n) is 1.74. The number of nitrogens with two attached hydrogens (primary N) is 1. The molecular formula is C12H13F2N3O3. The van der Waals surface area contributed by atoms with Gasteiger partial charge in [-0.1, -0.05) is 5.16 Å². The van der Waals surface area contributed by atoms with Crippen molar-refractivity contribution in [1.29, 1.82) is 0 Å². The first-order valence-electron chi connectivity index (χ1n) is 5.67. The molecule has 1 aromatic heterocycles. The average molecular weight is 285 g/mol. The summed E-state index contributed by atoms with van der Waals surface area (Å²) in [6.45, 7) is 0.0714. The highest BCUT2D eigenvalue weighted by Gasteiger charge is 2.21. The second-order valence-electron chi connectivity index (χ2n) is 3.82. The predicted molar refractivity (Wildman–Crippen MR) is 65.7 cm³/mol. The fourth-order valence-corrected chi connectivity index (χ4v) is 1.74. The zero-order valence-corrected chi connectivity index (χ0v) is 10.9. The van der Waals surface area contributed by atoms with Gasteiger partial charge in [0, 0.05) is 5.56 Å². The molecule has 1 aromatic carbocycles. The van der Waals surface area contributed by atoms with Crippen molar-refractivity contribution in [3.05, 3.63) is 23.6 Å². The third-order valence-corrected chi connectivity index (χ3v) is 2.64. The Bertz CT molecular complexity index is 602. The Morgan fingerprint density at radius 1 is 1.30 bits per heavy atom. The Morgan fingerprint density at radius 3 is 2.55 bits per heavy atom. The predicted octanol–water partition coefficient (Wildman–Crippen LogP) is 2.15. The summed E-state index contributed by atoms with van der Waals surface area (Å²) in [7, 11) is 2.66. The highest BCUT2D eigenvalue weighted by molar-refractivity contribution is 5.64. The molecule has 8 heteroatoms. The van der Waals surface area contributed by atoms with E-state index in [-0.39, 0.29) is 35.3 Å². The summed E-state index contributed by atoms with van der Waals surface area (Å²) in [6, 6.07) is 2.73. The van der Waals surface area contributed by atoms with E-state index in [0.29, 0.717) is 5.56 Å². The van der Waals surface area contributed by atoms with Crippen LogP contribution in [0.5, 0.6) is 11.5 Å². The van der Waals surface area contributed by atoms with Crippen molar-refractivity contribution >= 4 is 0 Å². The van der Waals surface area contributed by atoms with Gasteiger partial charge in [-0.15, -0.1) is 0 Å². The van der Waals surface area contributed by atoms with Gasteiger partial charge in [0.1, 0.15) is 0 Å². The van der Waals surface area contributed by atoms with Crippen LogP contribution in [-0.4, -0.2) is 24.4 Å². The lowest BCUT2D eigenvalue weighted by Crippen LogP contribution is -1.99. The van der Waals surface area contributed by atoms with Crippen molar-refractivity contribution in [2.45, 2.75) is 13.0 Å². The number of methoxy groups -OCH3 is 2. The first kappa shape index (κ1) is 14.2. The van der Waals surface area contributed by atoms with E-state index in [0.717, 1.165) is 0 Å². The monoisotopic (exact) mass is 285 g/mol. The maximum absolute atomic E-state index is 13.1. The van der Waals surface area contributed by atoms with Gasteiger partial charge in [0.15, 0.2) is 11.5 Å². The molecule has 20 heavy (non-hydrogen) atoms. The molecule has 0 unspecified atom stereocenters. The molecule has 0 aliphatic heterocycles. The SMILES string of the molecule is COc1cc(-c2noc(CN)n2)cc(C(F)F)c1OC. The minimum atomic E-state index is -2.72. The lowest BCUT2D eigenvalue weighted by Gasteiger charge is -2.13. The molecule has 2 aromatic rings. The minimum absolute atomic E-state index is 0.0196. The van der Waals surface area contributed by atoms with Gasteiger partial charge < -0.3 is 19.7 Å². The number of hydrogen-bond donors (Lipinski definition) is 1. The van der Waals surface area contributed by atoms with Crippen molar-refractivity contribution in [3.63, 3.8) is 0 Å². The molecule has 0 fully saturated rings. The van der Waals surface area contributed by atoms with Gasteiger partial charge in [0.25, 0.3) is 6.43 Å². The highest BCUT2D eigenvalue weighted by Crippen LogP contribution is 2.40. The third kappa shape index (κ3) is 2.55. The van der Waals surface area contributed by atoms with Crippen LogP contribution in [0.2, 0.25) is 0 Å². The summed E-state index contributed by atoms with van der Waals surface area (Å²) in [6.07, 6.45) is -2.72. The van der Waals surface area contributed by atoms with Gasteiger partial charge >= 0.3 is 0 Å². The highest BCUT2D eigenvalue weighted by atomic mass is 19.3. The van der Waals surface area contributed by atoms with Gasteiger partial charge in [-0.05, 0) is 12.1 Å². The third-order valence-electron chi connectivity index (χ3n) is 2.64. The fraction of sp³-hybridized carbons (Fsp3) is 0.333. The van der Waals surface area contributed by atoms with E-state index in [1.807, 2.05) is 0 Å². The summed E-state index contributed by atoms with van der Waals surface area (Å²) < 4.78 is 41.0. The lowest BCUT2D eigenvalue weighted by atomic mass is 10.1. The van der Waals surface area contributed by atoms with Crippen LogP contribution in [0.15, 0.2) is 16.7 Å².